The number of amides is 1. The van der Waals surface area contributed by atoms with Gasteiger partial charge in [-0.15, -0.1) is 0 Å². The normalized spacial score (nSPS) is 15.1. The summed E-state index contributed by atoms with van der Waals surface area (Å²) in [7, 11) is 2.15. The minimum Gasteiger partial charge on any atom is -0.367 e. The average Bonchev–Trinajstić information content (AvgIpc) is 3.50. The van der Waals surface area contributed by atoms with E-state index in [9.17, 15) is 4.79 Å². The largest absolute Gasteiger partial charge is 0.367 e. The Hall–Kier alpha value is -4.24. The molecular weight excluding hydrogens is 488 g/mol. The highest BCUT2D eigenvalue weighted by Crippen LogP contribution is 2.32. The Bertz CT molecular complexity index is 1550. The predicted molar refractivity (Wildman–Crippen MR) is 157 cm³/mol. The van der Waals surface area contributed by atoms with Gasteiger partial charge in [0, 0.05) is 54.4 Å². The minimum absolute atomic E-state index is 0.0561. The van der Waals surface area contributed by atoms with Crippen molar-refractivity contribution in [1.82, 2.24) is 34.9 Å². The van der Waals surface area contributed by atoms with Crippen molar-refractivity contribution in [2.75, 3.05) is 38.5 Å². The van der Waals surface area contributed by atoms with Crippen LogP contribution in [0.5, 0.6) is 0 Å². The van der Waals surface area contributed by atoms with E-state index in [-0.39, 0.29) is 5.91 Å². The van der Waals surface area contributed by atoms with Crippen LogP contribution >= 0.6 is 0 Å². The Morgan fingerprint density at radius 3 is 2.59 bits per heavy atom. The van der Waals surface area contributed by atoms with Crippen molar-refractivity contribution < 1.29 is 4.79 Å². The van der Waals surface area contributed by atoms with E-state index in [1.807, 2.05) is 58.0 Å². The van der Waals surface area contributed by atoms with Crippen LogP contribution in [0.2, 0.25) is 0 Å². The van der Waals surface area contributed by atoms with Gasteiger partial charge in [-0.2, -0.15) is 5.10 Å². The molecule has 4 aromatic rings. The first-order valence-electron chi connectivity index (χ1n) is 13.2. The van der Waals surface area contributed by atoms with Crippen molar-refractivity contribution in [3.63, 3.8) is 0 Å². The number of imidazole rings is 1. The van der Waals surface area contributed by atoms with E-state index >= 15 is 0 Å². The van der Waals surface area contributed by atoms with Crippen molar-refractivity contribution in [2.24, 2.45) is 5.41 Å². The smallest absolute Gasteiger partial charge is 0.229 e. The van der Waals surface area contributed by atoms with Gasteiger partial charge in [0.2, 0.25) is 5.91 Å². The topological polar surface area (TPSA) is 106 Å². The number of hydrogen-bond donors (Lipinski definition) is 3. The molecule has 0 spiro atoms. The van der Waals surface area contributed by atoms with E-state index in [0.717, 1.165) is 71.0 Å². The maximum Gasteiger partial charge on any atom is 0.229 e. The van der Waals surface area contributed by atoms with Crippen LogP contribution in [0.25, 0.3) is 39.2 Å². The molecule has 5 rings (SSSR count). The third kappa shape index (κ3) is 5.49. The van der Waals surface area contributed by atoms with Gasteiger partial charge in [-0.05, 0) is 43.8 Å². The highest BCUT2D eigenvalue weighted by molar-refractivity contribution is 5.96. The molecule has 1 saturated heterocycles. The van der Waals surface area contributed by atoms with E-state index in [1.165, 1.54) is 0 Å². The fraction of sp³-hybridized carbons (Fsp3) is 0.333. The number of carbonyl (C=O) groups is 1. The predicted octanol–water partition coefficient (Wildman–Crippen LogP) is 5.08. The summed E-state index contributed by atoms with van der Waals surface area (Å²) >= 11 is 0. The van der Waals surface area contributed by atoms with Crippen molar-refractivity contribution in [2.45, 2.75) is 27.7 Å². The Morgan fingerprint density at radius 2 is 1.87 bits per heavy atom. The Kier molecular flexibility index (Phi) is 7.10. The molecular formula is C30H36N8O. The molecule has 9 heteroatoms. The van der Waals surface area contributed by atoms with Gasteiger partial charge in [-0.3, -0.25) is 14.9 Å². The highest BCUT2D eigenvalue weighted by Gasteiger charge is 2.23. The quantitative estimate of drug-likeness (QED) is 0.304. The zero-order valence-corrected chi connectivity index (χ0v) is 23.3. The number of allylic oxidation sites excluding steroid dienone is 2. The number of pyridine rings is 1. The molecule has 3 aromatic heterocycles. The number of anilines is 1. The SMILES string of the molecule is C=C/C=C(\c1nc(-c2n[nH]c3ccc(-c4cncc(NC(=O)C(C)(C)C)c4)cc23)[nH]c1C)N1CCN(C)CC1. The van der Waals surface area contributed by atoms with Crippen LogP contribution in [0.4, 0.5) is 5.69 Å². The van der Waals surface area contributed by atoms with Crippen molar-refractivity contribution in [3.05, 3.63) is 66.8 Å². The maximum absolute atomic E-state index is 12.5. The number of H-pyrrole nitrogens is 2. The van der Waals surface area contributed by atoms with E-state index in [2.05, 4.69) is 55.0 Å². The fourth-order valence-electron chi connectivity index (χ4n) is 4.67. The van der Waals surface area contributed by atoms with Crippen molar-refractivity contribution in [3.8, 4) is 22.6 Å². The first-order valence-corrected chi connectivity index (χ1v) is 13.2. The number of aromatic nitrogens is 5. The van der Waals surface area contributed by atoms with Crippen molar-refractivity contribution in [1.29, 1.82) is 0 Å². The fourth-order valence-corrected chi connectivity index (χ4v) is 4.67. The standard InChI is InChI=1S/C30H36N8O/c1-7-8-25(38-13-11-37(6)12-14-38)26-19(2)32-28(34-26)27-23-16-20(9-10-24(23)35-36-27)21-15-22(18-31-17-21)33-29(39)30(3,4)5/h7-10,15-18H,1,11-14H2,2-6H3,(H,32,34)(H,33,39)(H,35,36)/b25-8+. The third-order valence-electron chi connectivity index (χ3n) is 7.04. The molecule has 0 radical (unpaired) electrons. The van der Waals surface area contributed by atoms with Crippen LogP contribution in [0.1, 0.15) is 32.2 Å². The number of fused-ring (bicyclic) bond motifs is 1. The second kappa shape index (κ2) is 10.5. The second-order valence-corrected chi connectivity index (χ2v) is 11.1. The lowest BCUT2D eigenvalue weighted by Gasteiger charge is -2.35. The summed E-state index contributed by atoms with van der Waals surface area (Å²) in [5.41, 5.74) is 6.67. The Labute approximate surface area is 229 Å². The monoisotopic (exact) mass is 524 g/mol. The van der Waals surface area contributed by atoms with Crippen LogP contribution in [-0.4, -0.2) is 74.1 Å². The number of aromatic amines is 2. The molecule has 4 heterocycles. The number of rotatable bonds is 6. The minimum atomic E-state index is -0.494. The first-order chi connectivity index (χ1) is 18.6. The number of carbonyl (C=O) groups excluding carboxylic acids is 1. The highest BCUT2D eigenvalue weighted by atomic mass is 16.2. The van der Waals surface area contributed by atoms with Crippen LogP contribution in [0.3, 0.4) is 0 Å². The molecule has 0 atom stereocenters. The van der Waals surface area contributed by atoms with Crippen LogP contribution in [-0.2, 0) is 4.79 Å². The molecule has 0 bridgehead atoms. The Balaban J connectivity index is 1.48. The van der Waals surface area contributed by atoms with Gasteiger partial charge in [0.05, 0.1) is 23.1 Å². The molecule has 0 aliphatic carbocycles. The summed E-state index contributed by atoms with van der Waals surface area (Å²) in [6.07, 6.45) is 7.32. The summed E-state index contributed by atoms with van der Waals surface area (Å²) in [5, 5.41) is 11.7. The summed E-state index contributed by atoms with van der Waals surface area (Å²) in [6.45, 7) is 15.5. The van der Waals surface area contributed by atoms with Gasteiger partial charge in [-0.25, -0.2) is 4.98 Å². The molecule has 1 aliphatic heterocycles. The number of nitrogens with zero attached hydrogens (tertiary/aromatic N) is 5. The lowest BCUT2D eigenvalue weighted by Crippen LogP contribution is -2.43. The molecule has 1 fully saturated rings. The van der Waals surface area contributed by atoms with Gasteiger partial charge in [0.25, 0.3) is 0 Å². The molecule has 0 saturated carbocycles. The van der Waals surface area contributed by atoms with Gasteiger partial charge >= 0.3 is 0 Å². The molecule has 0 unspecified atom stereocenters. The van der Waals surface area contributed by atoms with E-state index in [0.29, 0.717) is 11.5 Å². The van der Waals surface area contributed by atoms with Gasteiger partial charge in [-0.1, -0.05) is 39.5 Å². The van der Waals surface area contributed by atoms with Crippen LogP contribution in [0, 0.1) is 12.3 Å². The molecule has 1 aliphatic rings. The third-order valence-corrected chi connectivity index (χ3v) is 7.04. The number of hydrogen-bond acceptors (Lipinski definition) is 6. The van der Waals surface area contributed by atoms with E-state index in [4.69, 9.17) is 4.98 Å². The number of piperazine rings is 1. The maximum atomic E-state index is 12.5. The number of benzene rings is 1. The molecule has 202 valence electrons. The number of likely N-dealkylation sites (N-methyl/N-ethyl adjacent to an activating group) is 1. The first kappa shape index (κ1) is 26.4. The van der Waals surface area contributed by atoms with Gasteiger partial charge in [0.1, 0.15) is 11.4 Å². The molecule has 39 heavy (non-hydrogen) atoms. The molecule has 1 amide bonds. The molecule has 9 nitrogen and oxygen atoms in total. The summed E-state index contributed by atoms with van der Waals surface area (Å²) < 4.78 is 0. The van der Waals surface area contributed by atoms with Crippen LogP contribution < -0.4 is 5.32 Å². The summed E-state index contributed by atoms with van der Waals surface area (Å²) in [6, 6.07) is 8.05. The lowest BCUT2D eigenvalue weighted by atomic mass is 9.95. The number of nitrogens with one attached hydrogen (secondary N) is 3. The lowest BCUT2D eigenvalue weighted by molar-refractivity contribution is -0.123. The zero-order valence-electron chi connectivity index (χ0n) is 23.3. The van der Waals surface area contributed by atoms with Crippen molar-refractivity contribution >= 4 is 28.2 Å². The second-order valence-electron chi connectivity index (χ2n) is 11.1. The van der Waals surface area contributed by atoms with E-state index < -0.39 is 5.41 Å². The summed E-state index contributed by atoms with van der Waals surface area (Å²) in [5.74, 6) is 0.652. The summed E-state index contributed by atoms with van der Waals surface area (Å²) in [4.78, 5) is 30.0. The van der Waals surface area contributed by atoms with Gasteiger partial charge < -0.3 is 20.1 Å². The average molecular weight is 525 g/mol. The van der Waals surface area contributed by atoms with E-state index in [1.54, 1.807) is 12.4 Å². The Morgan fingerprint density at radius 1 is 1.10 bits per heavy atom. The zero-order chi connectivity index (χ0) is 27.7. The number of aryl methyl sites for hydroxylation is 1. The van der Waals surface area contributed by atoms with Gasteiger partial charge in [0.15, 0.2) is 5.82 Å². The van der Waals surface area contributed by atoms with Crippen LogP contribution in [0.15, 0.2) is 55.4 Å². The molecule has 1 aromatic carbocycles. The molecule has 3 N–H and O–H groups in total.